The van der Waals surface area contributed by atoms with Crippen LogP contribution in [0.5, 0.6) is 11.5 Å². The number of esters is 1. The van der Waals surface area contributed by atoms with Gasteiger partial charge in [-0.25, -0.2) is 9.18 Å². The van der Waals surface area contributed by atoms with E-state index >= 15 is 0 Å². The van der Waals surface area contributed by atoms with E-state index < -0.39 is 12.1 Å². The Morgan fingerprint density at radius 2 is 1.93 bits per heavy atom. The van der Waals surface area contributed by atoms with Crippen molar-refractivity contribution in [2.45, 2.75) is 13.0 Å². The van der Waals surface area contributed by atoms with Gasteiger partial charge in [0.15, 0.2) is 17.6 Å². The summed E-state index contributed by atoms with van der Waals surface area (Å²) in [6, 6.07) is 8.55. The molecule has 1 atom stereocenters. The molecule has 0 bridgehead atoms. The van der Waals surface area contributed by atoms with E-state index in [4.69, 9.17) is 30.2 Å². The van der Waals surface area contributed by atoms with Crippen molar-refractivity contribution in [3.05, 3.63) is 58.7 Å². The van der Waals surface area contributed by atoms with Crippen LogP contribution < -0.4 is 9.47 Å². The average Bonchev–Trinajstić information content (AvgIpc) is 3.19. The lowest BCUT2D eigenvalue weighted by Crippen LogP contribution is -2.17. The van der Waals surface area contributed by atoms with E-state index in [1.54, 1.807) is 6.92 Å². The second-order valence-electron chi connectivity index (χ2n) is 5.98. The molecule has 0 N–H and O–H groups in total. The molecule has 0 unspecified atom stereocenters. The number of rotatable bonds is 4. The number of carbonyl (C=O) groups excluding carboxylic acids is 1. The molecule has 7 nitrogen and oxygen atoms in total. The van der Waals surface area contributed by atoms with Gasteiger partial charge in [0, 0.05) is 5.56 Å². The molecule has 4 rings (SSSR count). The molecule has 0 amide bonds. The number of halogens is 2. The highest BCUT2D eigenvalue weighted by molar-refractivity contribution is 6.32. The molecular weight excluding hydrogens is 391 g/mol. The van der Waals surface area contributed by atoms with Crippen molar-refractivity contribution in [3.8, 4) is 23.0 Å². The third-order valence-electron chi connectivity index (χ3n) is 4.00. The number of hydrogen-bond acceptors (Lipinski definition) is 7. The fraction of sp³-hybridized carbons (Fsp3) is 0.211. The third-order valence-corrected chi connectivity index (χ3v) is 4.28. The van der Waals surface area contributed by atoms with Gasteiger partial charge in [-0.2, -0.15) is 0 Å². The van der Waals surface area contributed by atoms with Crippen molar-refractivity contribution in [1.29, 1.82) is 0 Å². The summed E-state index contributed by atoms with van der Waals surface area (Å²) in [5, 5.41) is 8.05. The highest BCUT2D eigenvalue weighted by Crippen LogP contribution is 2.38. The summed E-state index contributed by atoms with van der Waals surface area (Å²) in [7, 11) is 0. The molecule has 0 radical (unpaired) electrons. The first-order chi connectivity index (χ1) is 13.5. The first-order valence-corrected chi connectivity index (χ1v) is 8.78. The minimum Gasteiger partial charge on any atom is -0.486 e. The van der Waals surface area contributed by atoms with Gasteiger partial charge < -0.3 is 18.6 Å². The van der Waals surface area contributed by atoms with Gasteiger partial charge in [0.1, 0.15) is 19.0 Å². The van der Waals surface area contributed by atoms with Crippen molar-refractivity contribution in [2.24, 2.45) is 0 Å². The highest BCUT2D eigenvalue weighted by atomic mass is 35.5. The second kappa shape index (κ2) is 7.47. The topological polar surface area (TPSA) is 83.7 Å². The van der Waals surface area contributed by atoms with Crippen LogP contribution in [0.15, 0.2) is 40.8 Å². The zero-order valence-corrected chi connectivity index (χ0v) is 15.4. The Balaban J connectivity index is 1.49. The molecule has 144 valence electrons. The van der Waals surface area contributed by atoms with Gasteiger partial charge in [-0.3, -0.25) is 0 Å². The van der Waals surface area contributed by atoms with Crippen molar-refractivity contribution < 1.29 is 27.8 Å². The maximum atomic E-state index is 13.0. The fourth-order valence-electron chi connectivity index (χ4n) is 2.62. The number of nitrogens with zero attached hydrogens (tertiary/aromatic N) is 2. The van der Waals surface area contributed by atoms with Crippen LogP contribution in [0.1, 0.15) is 29.3 Å². The van der Waals surface area contributed by atoms with Crippen LogP contribution in [-0.2, 0) is 4.74 Å². The molecular formula is C19H14ClFN2O5. The van der Waals surface area contributed by atoms with Gasteiger partial charge in [0.25, 0.3) is 5.89 Å². The van der Waals surface area contributed by atoms with Crippen molar-refractivity contribution in [3.63, 3.8) is 0 Å². The molecule has 2 aromatic carbocycles. The summed E-state index contributed by atoms with van der Waals surface area (Å²) in [5.41, 5.74) is 0.761. The second-order valence-corrected chi connectivity index (χ2v) is 6.39. The molecule has 1 aliphatic heterocycles. The first kappa shape index (κ1) is 18.2. The number of aromatic nitrogens is 2. The number of ether oxygens (including phenoxy) is 3. The Hall–Kier alpha value is -3.13. The van der Waals surface area contributed by atoms with Crippen molar-refractivity contribution >= 4 is 17.6 Å². The van der Waals surface area contributed by atoms with Crippen LogP contribution >= 0.6 is 11.6 Å². The first-order valence-electron chi connectivity index (χ1n) is 8.41. The average molecular weight is 405 g/mol. The zero-order chi connectivity index (χ0) is 19.7. The van der Waals surface area contributed by atoms with Crippen molar-refractivity contribution in [1.82, 2.24) is 10.2 Å². The lowest BCUT2D eigenvalue weighted by Gasteiger charge is -2.20. The maximum absolute atomic E-state index is 13.0. The Morgan fingerprint density at radius 3 is 2.71 bits per heavy atom. The lowest BCUT2D eigenvalue weighted by molar-refractivity contribution is 0.0279. The summed E-state index contributed by atoms with van der Waals surface area (Å²) in [5.74, 6) is 0.0847. The Kier molecular flexibility index (Phi) is 4.87. The van der Waals surface area contributed by atoms with Gasteiger partial charge >= 0.3 is 5.97 Å². The minimum absolute atomic E-state index is 0.108. The van der Waals surface area contributed by atoms with E-state index in [-0.39, 0.29) is 28.2 Å². The van der Waals surface area contributed by atoms with Gasteiger partial charge in [0.2, 0.25) is 5.89 Å². The Labute approximate surface area is 164 Å². The third kappa shape index (κ3) is 3.63. The minimum atomic E-state index is -0.804. The van der Waals surface area contributed by atoms with E-state index in [0.717, 1.165) is 0 Å². The molecule has 0 spiro atoms. The SMILES string of the molecule is C[C@@H](OC(=O)c1cc(Cl)c2c(c1)OCCO2)c1nnc(-c2ccc(F)cc2)o1. The molecule has 0 aliphatic carbocycles. The monoisotopic (exact) mass is 404 g/mol. The smallest absolute Gasteiger partial charge is 0.339 e. The summed E-state index contributed by atoms with van der Waals surface area (Å²) >= 11 is 6.15. The fourth-order valence-corrected chi connectivity index (χ4v) is 2.88. The molecule has 9 heteroatoms. The summed E-state index contributed by atoms with van der Waals surface area (Å²) in [4.78, 5) is 12.5. The van der Waals surface area contributed by atoms with Crippen LogP contribution in [0.3, 0.4) is 0 Å². The molecule has 0 saturated heterocycles. The summed E-state index contributed by atoms with van der Waals surface area (Å²) in [6.07, 6.45) is -0.804. The van der Waals surface area contributed by atoms with Crippen LogP contribution in [-0.4, -0.2) is 29.4 Å². The molecule has 1 aromatic heterocycles. The molecule has 1 aliphatic rings. The Bertz CT molecular complexity index is 1020. The van der Waals surface area contributed by atoms with Gasteiger partial charge in [-0.05, 0) is 43.3 Å². The van der Waals surface area contributed by atoms with Crippen LogP contribution in [0.4, 0.5) is 4.39 Å². The van der Waals surface area contributed by atoms with E-state index in [9.17, 15) is 9.18 Å². The largest absolute Gasteiger partial charge is 0.486 e. The van der Waals surface area contributed by atoms with Crippen LogP contribution in [0.25, 0.3) is 11.5 Å². The number of hydrogen-bond donors (Lipinski definition) is 0. The normalized spacial score (nSPS) is 13.8. The highest BCUT2D eigenvalue weighted by Gasteiger charge is 2.23. The molecule has 0 fully saturated rings. The van der Waals surface area contributed by atoms with Crippen LogP contribution in [0, 0.1) is 5.82 Å². The predicted molar refractivity (Wildman–Crippen MR) is 96.0 cm³/mol. The molecule has 0 saturated carbocycles. The number of fused-ring (bicyclic) bond motifs is 1. The molecule has 28 heavy (non-hydrogen) atoms. The Morgan fingerprint density at radius 1 is 1.18 bits per heavy atom. The standard InChI is InChI=1S/C19H14ClFN2O5/c1-10(17-22-23-18(28-17)11-2-4-13(21)5-3-11)27-19(24)12-8-14(20)16-15(9-12)25-6-7-26-16/h2-5,8-10H,6-7H2,1H3/t10-/m1/s1. The molecule has 2 heterocycles. The molecule has 3 aromatic rings. The van der Waals surface area contributed by atoms with Crippen molar-refractivity contribution in [2.75, 3.05) is 13.2 Å². The lowest BCUT2D eigenvalue weighted by atomic mass is 10.2. The number of carbonyl (C=O) groups is 1. The zero-order valence-electron chi connectivity index (χ0n) is 14.6. The summed E-state index contributed by atoms with van der Waals surface area (Å²) in [6.45, 7) is 2.35. The van der Waals surface area contributed by atoms with E-state index in [2.05, 4.69) is 10.2 Å². The van der Waals surface area contributed by atoms with Gasteiger partial charge in [0.05, 0.1) is 10.6 Å². The van der Waals surface area contributed by atoms with E-state index in [0.29, 0.717) is 30.3 Å². The predicted octanol–water partition coefficient (Wildman–Crippen LogP) is 4.22. The van der Waals surface area contributed by atoms with E-state index in [1.165, 1.54) is 36.4 Å². The van der Waals surface area contributed by atoms with Crippen LogP contribution in [0.2, 0.25) is 5.02 Å². The number of benzene rings is 2. The van der Waals surface area contributed by atoms with Gasteiger partial charge in [-0.15, -0.1) is 10.2 Å². The van der Waals surface area contributed by atoms with Gasteiger partial charge in [-0.1, -0.05) is 11.6 Å². The summed E-state index contributed by atoms with van der Waals surface area (Å²) < 4.78 is 34.8. The quantitative estimate of drug-likeness (QED) is 0.602. The van der Waals surface area contributed by atoms with E-state index in [1.807, 2.05) is 0 Å². The maximum Gasteiger partial charge on any atom is 0.339 e.